The summed E-state index contributed by atoms with van der Waals surface area (Å²) in [5.74, 6) is 0. The first-order valence-electron chi connectivity index (χ1n) is 4.34. The summed E-state index contributed by atoms with van der Waals surface area (Å²) >= 11 is 0. The number of nitriles is 1. The molecule has 68 valence electrons. The Kier molecular flexibility index (Phi) is 3.48. The summed E-state index contributed by atoms with van der Waals surface area (Å²) in [6.45, 7) is 3.85. The molecule has 0 heterocycles. The zero-order valence-electron chi connectivity index (χ0n) is 7.90. The Morgan fingerprint density at radius 1 is 1.23 bits per heavy atom. The van der Waals surface area contributed by atoms with Gasteiger partial charge in [-0.05, 0) is 19.4 Å². The van der Waals surface area contributed by atoms with Crippen molar-refractivity contribution in [2.24, 2.45) is 0 Å². The molecule has 1 unspecified atom stereocenters. The summed E-state index contributed by atoms with van der Waals surface area (Å²) in [6.07, 6.45) is -0.369. The first-order valence-corrected chi connectivity index (χ1v) is 4.34. The first-order chi connectivity index (χ1) is 6.24. The average molecular weight is 175 g/mol. The quantitative estimate of drug-likeness (QED) is 0.707. The SMILES string of the molecule is CC(C)OC(C#N)c1ccccc1. The summed E-state index contributed by atoms with van der Waals surface area (Å²) in [5, 5.41) is 8.85. The zero-order valence-corrected chi connectivity index (χ0v) is 7.90. The van der Waals surface area contributed by atoms with Crippen LogP contribution >= 0.6 is 0 Å². The summed E-state index contributed by atoms with van der Waals surface area (Å²) in [4.78, 5) is 0. The van der Waals surface area contributed by atoms with E-state index in [-0.39, 0.29) is 6.10 Å². The van der Waals surface area contributed by atoms with Gasteiger partial charge in [-0.15, -0.1) is 0 Å². The second kappa shape index (κ2) is 4.64. The van der Waals surface area contributed by atoms with Gasteiger partial charge in [-0.3, -0.25) is 0 Å². The summed E-state index contributed by atoms with van der Waals surface area (Å²) in [7, 11) is 0. The van der Waals surface area contributed by atoms with E-state index in [1.165, 1.54) is 0 Å². The van der Waals surface area contributed by atoms with Crippen LogP contribution in [-0.4, -0.2) is 6.10 Å². The molecule has 0 bridgehead atoms. The Hall–Kier alpha value is -1.33. The van der Waals surface area contributed by atoms with E-state index >= 15 is 0 Å². The van der Waals surface area contributed by atoms with Crippen molar-refractivity contribution in [2.75, 3.05) is 0 Å². The highest BCUT2D eigenvalue weighted by atomic mass is 16.5. The largest absolute Gasteiger partial charge is 0.356 e. The molecular weight excluding hydrogens is 162 g/mol. The van der Waals surface area contributed by atoms with E-state index in [0.717, 1.165) is 5.56 Å². The minimum absolute atomic E-state index is 0.0739. The second-order valence-corrected chi connectivity index (χ2v) is 3.10. The van der Waals surface area contributed by atoms with Crippen LogP contribution in [0.1, 0.15) is 25.5 Å². The van der Waals surface area contributed by atoms with E-state index in [0.29, 0.717) is 0 Å². The molecule has 0 saturated heterocycles. The molecule has 0 spiro atoms. The molecule has 2 heteroatoms. The molecule has 0 fully saturated rings. The van der Waals surface area contributed by atoms with Gasteiger partial charge in [-0.1, -0.05) is 30.3 Å². The Morgan fingerprint density at radius 3 is 2.31 bits per heavy atom. The molecule has 2 nitrogen and oxygen atoms in total. The van der Waals surface area contributed by atoms with Crippen LogP contribution in [0, 0.1) is 11.3 Å². The van der Waals surface area contributed by atoms with Crippen molar-refractivity contribution in [3.05, 3.63) is 35.9 Å². The van der Waals surface area contributed by atoms with Gasteiger partial charge in [0.1, 0.15) is 0 Å². The lowest BCUT2D eigenvalue weighted by molar-refractivity contribution is 0.0391. The maximum atomic E-state index is 8.85. The van der Waals surface area contributed by atoms with Crippen molar-refractivity contribution < 1.29 is 4.74 Å². The molecular formula is C11H13NO. The maximum Gasteiger partial charge on any atom is 0.169 e. The van der Waals surface area contributed by atoms with Crippen LogP contribution in [0.2, 0.25) is 0 Å². The van der Waals surface area contributed by atoms with Gasteiger partial charge in [-0.2, -0.15) is 5.26 Å². The van der Waals surface area contributed by atoms with E-state index in [4.69, 9.17) is 10.00 Å². The van der Waals surface area contributed by atoms with Gasteiger partial charge in [0.05, 0.1) is 12.2 Å². The monoisotopic (exact) mass is 175 g/mol. The molecule has 1 aromatic carbocycles. The topological polar surface area (TPSA) is 33.0 Å². The fourth-order valence-corrected chi connectivity index (χ4v) is 1.08. The normalized spacial score (nSPS) is 12.5. The lowest BCUT2D eigenvalue weighted by Crippen LogP contribution is -2.08. The number of benzene rings is 1. The van der Waals surface area contributed by atoms with Crippen LogP contribution in [-0.2, 0) is 4.74 Å². The standard InChI is InChI=1S/C11H13NO/c1-9(2)13-11(8-12)10-6-4-3-5-7-10/h3-7,9,11H,1-2H3. The number of hydrogen-bond acceptors (Lipinski definition) is 2. The van der Waals surface area contributed by atoms with Crippen LogP contribution in [0.5, 0.6) is 0 Å². The summed E-state index contributed by atoms with van der Waals surface area (Å²) < 4.78 is 5.42. The lowest BCUT2D eigenvalue weighted by atomic mass is 10.1. The Balaban J connectivity index is 2.75. The van der Waals surface area contributed by atoms with Crippen molar-refractivity contribution in [3.8, 4) is 6.07 Å². The van der Waals surface area contributed by atoms with Crippen LogP contribution < -0.4 is 0 Å². The van der Waals surface area contributed by atoms with E-state index in [9.17, 15) is 0 Å². The van der Waals surface area contributed by atoms with Crippen molar-refractivity contribution >= 4 is 0 Å². The molecule has 0 aromatic heterocycles. The van der Waals surface area contributed by atoms with E-state index in [2.05, 4.69) is 6.07 Å². The van der Waals surface area contributed by atoms with Crippen molar-refractivity contribution in [3.63, 3.8) is 0 Å². The Bertz CT molecular complexity index is 287. The third kappa shape index (κ3) is 2.89. The fraction of sp³-hybridized carbons (Fsp3) is 0.364. The van der Waals surface area contributed by atoms with Gasteiger partial charge in [0.15, 0.2) is 6.10 Å². The number of nitrogens with zero attached hydrogens (tertiary/aromatic N) is 1. The third-order valence-corrected chi connectivity index (χ3v) is 1.63. The third-order valence-electron chi connectivity index (χ3n) is 1.63. The average Bonchev–Trinajstić information content (AvgIpc) is 2.15. The van der Waals surface area contributed by atoms with Gasteiger partial charge in [-0.25, -0.2) is 0 Å². The van der Waals surface area contributed by atoms with Gasteiger partial charge in [0, 0.05) is 0 Å². The highest BCUT2D eigenvalue weighted by Crippen LogP contribution is 2.17. The first kappa shape index (κ1) is 9.76. The molecule has 0 amide bonds. The molecule has 0 aliphatic carbocycles. The molecule has 0 aliphatic rings. The molecule has 0 radical (unpaired) electrons. The van der Waals surface area contributed by atoms with E-state index < -0.39 is 6.10 Å². The minimum atomic E-state index is -0.443. The van der Waals surface area contributed by atoms with Crippen LogP contribution in [0.3, 0.4) is 0 Å². The lowest BCUT2D eigenvalue weighted by Gasteiger charge is -2.13. The van der Waals surface area contributed by atoms with Crippen molar-refractivity contribution in [2.45, 2.75) is 26.1 Å². The molecule has 0 aliphatic heterocycles. The molecule has 1 atom stereocenters. The van der Waals surface area contributed by atoms with Crippen LogP contribution in [0.25, 0.3) is 0 Å². The van der Waals surface area contributed by atoms with Gasteiger partial charge in [0.25, 0.3) is 0 Å². The molecule has 0 saturated carbocycles. The zero-order chi connectivity index (χ0) is 9.68. The van der Waals surface area contributed by atoms with Crippen LogP contribution in [0.4, 0.5) is 0 Å². The fourth-order valence-electron chi connectivity index (χ4n) is 1.08. The molecule has 1 aromatic rings. The molecule has 13 heavy (non-hydrogen) atoms. The predicted octanol–water partition coefficient (Wildman–Crippen LogP) is 2.68. The summed E-state index contributed by atoms with van der Waals surface area (Å²) in [6, 6.07) is 11.7. The maximum absolute atomic E-state index is 8.85. The smallest absolute Gasteiger partial charge is 0.169 e. The van der Waals surface area contributed by atoms with Gasteiger partial charge in [0.2, 0.25) is 0 Å². The number of ether oxygens (including phenoxy) is 1. The predicted molar refractivity (Wildman–Crippen MR) is 51.0 cm³/mol. The summed E-state index contributed by atoms with van der Waals surface area (Å²) in [5.41, 5.74) is 0.915. The number of rotatable bonds is 3. The highest BCUT2D eigenvalue weighted by molar-refractivity contribution is 5.21. The van der Waals surface area contributed by atoms with E-state index in [1.54, 1.807) is 0 Å². The van der Waals surface area contributed by atoms with Crippen LogP contribution in [0.15, 0.2) is 30.3 Å². The van der Waals surface area contributed by atoms with Gasteiger partial charge >= 0.3 is 0 Å². The molecule has 1 rings (SSSR count). The Morgan fingerprint density at radius 2 is 1.85 bits per heavy atom. The Labute approximate surface area is 78.8 Å². The number of hydrogen-bond donors (Lipinski definition) is 0. The van der Waals surface area contributed by atoms with Crippen molar-refractivity contribution in [1.29, 1.82) is 5.26 Å². The van der Waals surface area contributed by atoms with Gasteiger partial charge < -0.3 is 4.74 Å². The highest BCUT2D eigenvalue weighted by Gasteiger charge is 2.11. The second-order valence-electron chi connectivity index (χ2n) is 3.10. The van der Waals surface area contributed by atoms with Crippen molar-refractivity contribution in [1.82, 2.24) is 0 Å². The minimum Gasteiger partial charge on any atom is -0.356 e. The molecule has 0 N–H and O–H groups in total. The van der Waals surface area contributed by atoms with E-state index in [1.807, 2.05) is 44.2 Å².